The van der Waals surface area contributed by atoms with E-state index in [-0.39, 0.29) is 6.04 Å². The quantitative estimate of drug-likeness (QED) is 0.275. The van der Waals surface area contributed by atoms with Crippen LogP contribution in [0.4, 0.5) is 0 Å². The number of rotatable bonds is 7. The highest BCUT2D eigenvalue weighted by Gasteiger charge is 2.19. The summed E-state index contributed by atoms with van der Waals surface area (Å²) in [6.07, 6.45) is 1.61. The van der Waals surface area contributed by atoms with E-state index in [2.05, 4.69) is 0 Å². The van der Waals surface area contributed by atoms with Crippen LogP contribution in [0, 0.1) is 5.21 Å². The summed E-state index contributed by atoms with van der Waals surface area (Å²) in [6.45, 7) is 0.815. The largest absolute Gasteiger partial charge is 0.623 e. The third kappa shape index (κ3) is 5.03. The molecule has 1 atom stereocenters. The van der Waals surface area contributed by atoms with Crippen molar-refractivity contribution in [2.24, 2.45) is 0 Å². The predicted molar refractivity (Wildman–Crippen MR) is 101 cm³/mol. The van der Waals surface area contributed by atoms with E-state index in [4.69, 9.17) is 4.74 Å². The summed E-state index contributed by atoms with van der Waals surface area (Å²) in [7, 11) is 0. The third-order valence-corrected chi connectivity index (χ3v) is 3.95. The molecule has 3 nitrogen and oxygen atoms in total. The van der Waals surface area contributed by atoms with Crippen LogP contribution < -0.4 is 0 Å². The normalized spacial score (nSPS) is 12.7. The second-order valence-corrected chi connectivity index (χ2v) is 5.83. The topological polar surface area (TPSA) is 35.3 Å². The highest BCUT2D eigenvalue weighted by molar-refractivity contribution is 5.75. The summed E-state index contributed by atoms with van der Waals surface area (Å²) in [4.78, 5) is 0. The first-order chi connectivity index (χ1) is 12.3. The lowest BCUT2D eigenvalue weighted by molar-refractivity contribution is -0.508. The first kappa shape index (κ1) is 16.9. The van der Waals surface area contributed by atoms with Gasteiger partial charge in [-0.3, -0.25) is 0 Å². The molecule has 0 amide bonds. The van der Waals surface area contributed by atoms with Crippen molar-refractivity contribution in [3.05, 3.63) is 113 Å². The maximum Gasteiger partial charge on any atom is 0.211 e. The lowest BCUT2D eigenvalue weighted by Gasteiger charge is -2.18. The van der Waals surface area contributed by atoms with Gasteiger partial charge in [-0.25, -0.2) is 4.74 Å². The zero-order chi connectivity index (χ0) is 17.3. The van der Waals surface area contributed by atoms with E-state index in [1.165, 1.54) is 0 Å². The van der Waals surface area contributed by atoms with E-state index in [0.717, 1.165) is 21.4 Å². The van der Waals surface area contributed by atoms with Gasteiger partial charge < -0.3 is 9.94 Å². The molecule has 0 fully saturated rings. The Morgan fingerprint density at radius 1 is 0.800 bits per heavy atom. The second-order valence-electron chi connectivity index (χ2n) is 5.83. The van der Waals surface area contributed by atoms with Crippen LogP contribution in [0.3, 0.4) is 0 Å². The molecule has 0 aliphatic heterocycles. The predicted octanol–water partition coefficient (Wildman–Crippen LogP) is 4.57. The standard InChI is InChI=1S/C22H21NO2/c24-23(16-19-10-4-1-5-11-19)22(21-14-8-3-9-15-21)18-25-17-20-12-6-2-7-13-20/h1-16,22H,17-18H2/b23-16+. The summed E-state index contributed by atoms with van der Waals surface area (Å²) >= 11 is 0. The van der Waals surface area contributed by atoms with Gasteiger partial charge in [0.1, 0.15) is 6.61 Å². The molecule has 0 aliphatic rings. The Bertz CT molecular complexity index is 786. The molecule has 3 aromatic rings. The maximum absolute atomic E-state index is 12.7. The molecule has 0 aromatic heterocycles. The lowest BCUT2D eigenvalue weighted by atomic mass is 10.1. The smallest absolute Gasteiger partial charge is 0.211 e. The number of nitrogens with zero attached hydrogens (tertiary/aromatic N) is 1. The molecule has 0 aliphatic carbocycles. The molecule has 3 rings (SSSR count). The van der Waals surface area contributed by atoms with Gasteiger partial charge in [0.15, 0.2) is 6.21 Å². The number of hydroxylamine groups is 1. The Morgan fingerprint density at radius 3 is 2.00 bits per heavy atom. The van der Waals surface area contributed by atoms with E-state index >= 15 is 0 Å². The molecule has 0 N–H and O–H groups in total. The monoisotopic (exact) mass is 331 g/mol. The van der Waals surface area contributed by atoms with E-state index in [1.807, 2.05) is 91.0 Å². The van der Waals surface area contributed by atoms with Crippen LogP contribution in [0.5, 0.6) is 0 Å². The van der Waals surface area contributed by atoms with Crippen LogP contribution in [-0.4, -0.2) is 17.6 Å². The van der Waals surface area contributed by atoms with Gasteiger partial charge in [-0.05, 0) is 17.7 Å². The molecule has 0 saturated carbocycles. The van der Waals surface area contributed by atoms with Gasteiger partial charge >= 0.3 is 0 Å². The molecule has 25 heavy (non-hydrogen) atoms. The van der Waals surface area contributed by atoms with Gasteiger partial charge in [0.05, 0.1) is 6.61 Å². The molecular weight excluding hydrogens is 310 g/mol. The van der Waals surface area contributed by atoms with Crippen LogP contribution in [0.2, 0.25) is 0 Å². The van der Waals surface area contributed by atoms with Crippen molar-refractivity contribution >= 4 is 6.21 Å². The summed E-state index contributed by atoms with van der Waals surface area (Å²) in [5, 5.41) is 12.7. The van der Waals surface area contributed by atoms with Crippen molar-refractivity contribution in [1.29, 1.82) is 0 Å². The van der Waals surface area contributed by atoms with Crippen molar-refractivity contribution in [3.63, 3.8) is 0 Å². The average molecular weight is 331 g/mol. The first-order valence-corrected chi connectivity index (χ1v) is 8.35. The Labute approximate surface area is 148 Å². The van der Waals surface area contributed by atoms with E-state index in [9.17, 15) is 5.21 Å². The van der Waals surface area contributed by atoms with Crippen molar-refractivity contribution in [3.8, 4) is 0 Å². The molecular formula is C22H21NO2. The minimum absolute atomic E-state index is 0.325. The fourth-order valence-corrected chi connectivity index (χ4v) is 2.63. The third-order valence-electron chi connectivity index (χ3n) is 3.95. The van der Waals surface area contributed by atoms with E-state index in [1.54, 1.807) is 6.21 Å². The van der Waals surface area contributed by atoms with Crippen molar-refractivity contribution in [2.75, 3.05) is 6.61 Å². The highest BCUT2D eigenvalue weighted by atomic mass is 16.5. The van der Waals surface area contributed by atoms with Gasteiger partial charge in [-0.1, -0.05) is 78.9 Å². The SMILES string of the molecule is [O-]/[N+](=C/c1ccccc1)C(COCc1ccccc1)c1ccccc1. The fourth-order valence-electron chi connectivity index (χ4n) is 2.63. The van der Waals surface area contributed by atoms with Crippen LogP contribution in [-0.2, 0) is 11.3 Å². The minimum Gasteiger partial charge on any atom is -0.623 e. The van der Waals surface area contributed by atoms with Crippen LogP contribution in [0.25, 0.3) is 0 Å². The molecule has 0 heterocycles. The molecule has 0 saturated heterocycles. The van der Waals surface area contributed by atoms with Gasteiger partial charge in [0.2, 0.25) is 6.04 Å². The number of hydrogen-bond acceptors (Lipinski definition) is 2. The van der Waals surface area contributed by atoms with Gasteiger partial charge in [-0.15, -0.1) is 0 Å². The summed E-state index contributed by atoms with van der Waals surface area (Å²) in [5.74, 6) is 0. The highest BCUT2D eigenvalue weighted by Crippen LogP contribution is 2.18. The lowest BCUT2D eigenvalue weighted by Crippen LogP contribution is -2.20. The molecule has 3 aromatic carbocycles. The van der Waals surface area contributed by atoms with E-state index in [0.29, 0.717) is 13.2 Å². The minimum atomic E-state index is -0.384. The molecule has 0 radical (unpaired) electrons. The average Bonchev–Trinajstić information content (AvgIpc) is 2.67. The van der Waals surface area contributed by atoms with E-state index < -0.39 is 0 Å². The number of hydrogen-bond donors (Lipinski definition) is 0. The molecule has 3 heteroatoms. The Kier molecular flexibility index (Phi) is 5.96. The molecule has 0 bridgehead atoms. The van der Waals surface area contributed by atoms with Gasteiger partial charge in [-0.2, -0.15) is 0 Å². The van der Waals surface area contributed by atoms with Crippen molar-refractivity contribution in [1.82, 2.24) is 0 Å². The van der Waals surface area contributed by atoms with Crippen LogP contribution in [0.1, 0.15) is 22.7 Å². The number of benzene rings is 3. The van der Waals surface area contributed by atoms with Gasteiger partial charge in [0.25, 0.3) is 0 Å². The Hall–Kier alpha value is -2.91. The number of ether oxygens (including phenoxy) is 1. The summed E-state index contributed by atoms with van der Waals surface area (Å²) in [6, 6.07) is 28.9. The van der Waals surface area contributed by atoms with Crippen LogP contribution >= 0.6 is 0 Å². The second kappa shape index (κ2) is 8.81. The maximum atomic E-state index is 12.7. The van der Waals surface area contributed by atoms with Crippen molar-refractivity contribution < 1.29 is 9.48 Å². The zero-order valence-electron chi connectivity index (χ0n) is 14.0. The van der Waals surface area contributed by atoms with Crippen molar-refractivity contribution in [2.45, 2.75) is 12.6 Å². The summed E-state index contributed by atoms with van der Waals surface area (Å²) < 4.78 is 6.82. The summed E-state index contributed by atoms with van der Waals surface area (Å²) in [5.41, 5.74) is 2.91. The molecule has 1 unspecified atom stereocenters. The van der Waals surface area contributed by atoms with Gasteiger partial charge in [0, 0.05) is 11.1 Å². The Morgan fingerprint density at radius 2 is 1.36 bits per heavy atom. The first-order valence-electron chi connectivity index (χ1n) is 8.35. The Balaban J connectivity index is 1.74. The zero-order valence-corrected chi connectivity index (χ0v) is 14.0. The van der Waals surface area contributed by atoms with Crippen LogP contribution in [0.15, 0.2) is 91.0 Å². The molecule has 0 spiro atoms. The molecule has 126 valence electrons. The fraction of sp³-hybridized carbons (Fsp3) is 0.136.